The van der Waals surface area contributed by atoms with Crippen LogP contribution in [0.1, 0.15) is 28.5 Å². The van der Waals surface area contributed by atoms with Crippen LogP contribution in [0.4, 0.5) is 0 Å². The van der Waals surface area contributed by atoms with E-state index in [0.29, 0.717) is 5.92 Å². The van der Waals surface area contributed by atoms with Gasteiger partial charge in [-0.25, -0.2) is 0 Å². The Morgan fingerprint density at radius 1 is 1.57 bits per heavy atom. The zero-order chi connectivity index (χ0) is 9.97. The van der Waals surface area contributed by atoms with Crippen molar-refractivity contribution in [2.45, 2.75) is 31.7 Å². The molecule has 14 heavy (non-hydrogen) atoms. The Morgan fingerprint density at radius 2 is 2.36 bits per heavy atom. The summed E-state index contributed by atoms with van der Waals surface area (Å²) in [6, 6.07) is 5.18. The molecule has 1 atom stereocenters. The van der Waals surface area contributed by atoms with Gasteiger partial charge in [0.05, 0.1) is 0 Å². The summed E-state index contributed by atoms with van der Waals surface area (Å²) in [4.78, 5) is 2.81. The van der Waals surface area contributed by atoms with E-state index in [1.807, 2.05) is 11.3 Å². The van der Waals surface area contributed by atoms with Gasteiger partial charge in [0, 0.05) is 34.8 Å². The number of aryl methyl sites for hydroxylation is 1. The van der Waals surface area contributed by atoms with Gasteiger partial charge in [-0.1, -0.05) is 0 Å². The highest BCUT2D eigenvalue weighted by Gasteiger charge is 2.22. The van der Waals surface area contributed by atoms with Gasteiger partial charge in [-0.2, -0.15) is 0 Å². The molecule has 0 bridgehead atoms. The molecule has 1 fully saturated rings. The summed E-state index contributed by atoms with van der Waals surface area (Å²) < 4.78 is 0. The zero-order valence-electron chi connectivity index (χ0n) is 8.62. The molecule has 1 saturated carbocycles. The largest absolute Gasteiger partial charge is 0.330 e. The lowest BCUT2D eigenvalue weighted by Gasteiger charge is -2.13. The Morgan fingerprint density at radius 3 is 2.86 bits per heavy atom. The van der Waals surface area contributed by atoms with Crippen LogP contribution in [-0.2, 0) is 0 Å². The lowest BCUT2D eigenvalue weighted by Crippen LogP contribution is -2.27. The number of rotatable bonds is 5. The van der Waals surface area contributed by atoms with Crippen molar-refractivity contribution in [1.29, 1.82) is 0 Å². The fourth-order valence-electron chi connectivity index (χ4n) is 1.57. The van der Waals surface area contributed by atoms with Crippen molar-refractivity contribution in [2.24, 2.45) is 5.73 Å². The molecule has 1 aliphatic rings. The van der Waals surface area contributed by atoms with Gasteiger partial charge in [0.15, 0.2) is 0 Å². The first-order valence-corrected chi connectivity index (χ1v) is 6.11. The number of hydrogen-bond acceptors (Lipinski definition) is 3. The second kappa shape index (κ2) is 4.43. The highest BCUT2D eigenvalue weighted by molar-refractivity contribution is 7.12. The van der Waals surface area contributed by atoms with E-state index in [1.54, 1.807) is 0 Å². The predicted molar refractivity (Wildman–Crippen MR) is 61.9 cm³/mol. The van der Waals surface area contributed by atoms with E-state index in [0.717, 1.165) is 19.1 Å². The highest BCUT2D eigenvalue weighted by atomic mass is 32.1. The van der Waals surface area contributed by atoms with Gasteiger partial charge in [0.2, 0.25) is 0 Å². The highest BCUT2D eigenvalue weighted by Crippen LogP contribution is 2.25. The second-order valence-electron chi connectivity index (χ2n) is 4.06. The summed E-state index contributed by atoms with van der Waals surface area (Å²) in [5.74, 6) is 0.509. The quantitative estimate of drug-likeness (QED) is 0.778. The summed E-state index contributed by atoms with van der Waals surface area (Å²) in [5.41, 5.74) is 5.79. The molecule has 0 radical (unpaired) electrons. The van der Waals surface area contributed by atoms with Crippen molar-refractivity contribution in [3.63, 3.8) is 0 Å². The molecular weight excluding hydrogens is 192 g/mol. The topological polar surface area (TPSA) is 38.0 Å². The Labute approximate surface area is 89.5 Å². The van der Waals surface area contributed by atoms with E-state index in [-0.39, 0.29) is 0 Å². The SMILES string of the molecule is Cc1ccc(C(CN)CNC2CC2)s1. The predicted octanol–water partition coefficient (Wildman–Crippen LogP) is 1.85. The molecule has 78 valence electrons. The maximum Gasteiger partial charge on any atom is 0.0181 e. The van der Waals surface area contributed by atoms with Gasteiger partial charge in [0.25, 0.3) is 0 Å². The number of thiophene rings is 1. The number of nitrogens with two attached hydrogens (primary N) is 1. The molecule has 2 rings (SSSR count). The van der Waals surface area contributed by atoms with Crippen LogP contribution >= 0.6 is 11.3 Å². The van der Waals surface area contributed by atoms with Crippen LogP contribution in [0.3, 0.4) is 0 Å². The summed E-state index contributed by atoms with van der Waals surface area (Å²) in [6.45, 7) is 3.94. The van der Waals surface area contributed by atoms with Crippen LogP contribution in [0.25, 0.3) is 0 Å². The minimum absolute atomic E-state index is 0.509. The molecule has 1 heterocycles. The Bertz CT molecular complexity index is 291. The number of nitrogens with one attached hydrogen (secondary N) is 1. The first-order chi connectivity index (χ1) is 6.79. The van der Waals surface area contributed by atoms with Crippen LogP contribution in [0.2, 0.25) is 0 Å². The van der Waals surface area contributed by atoms with E-state index in [4.69, 9.17) is 5.73 Å². The molecule has 1 aromatic heterocycles. The molecule has 1 aliphatic carbocycles. The van der Waals surface area contributed by atoms with Crippen molar-refractivity contribution in [1.82, 2.24) is 5.32 Å². The van der Waals surface area contributed by atoms with Crippen molar-refractivity contribution < 1.29 is 0 Å². The first kappa shape index (κ1) is 10.1. The Hall–Kier alpha value is -0.380. The van der Waals surface area contributed by atoms with Crippen LogP contribution in [0.5, 0.6) is 0 Å². The summed E-state index contributed by atoms with van der Waals surface area (Å²) in [5, 5.41) is 3.54. The van der Waals surface area contributed by atoms with E-state index in [1.165, 1.54) is 22.6 Å². The standard InChI is InChI=1S/C11H18N2S/c1-8-2-5-11(14-8)9(6-12)7-13-10-3-4-10/h2,5,9-10,13H,3-4,6-7,12H2,1H3. The van der Waals surface area contributed by atoms with Crippen LogP contribution in [-0.4, -0.2) is 19.1 Å². The normalized spacial score (nSPS) is 18.4. The summed E-state index contributed by atoms with van der Waals surface area (Å²) in [6.07, 6.45) is 2.70. The Kier molecular flexibility index (Phi) is 3.21. The molecule has 0 saturated heterocycles. The third-order valence-corrected chi connectivity index (χ3v) is 3.84. The molecule has 0 aromatic carbocycles. The smallest absolute Gasteiger partial charge is 0.0181 e. The van der Waals surface area contributed by atoms with Gasteiger partial charge in [-0.15, -0.1) is 11.3 Å². The average molecular weight is 210 g/mol. The monoisotopic (exact) mass is 210 g/mol. The van der Waals surface area contributed by atoms with Crippen LogP contribution < -0.4 is 11.1 Å². The van der Waals surface area contributed by atoms with Gasteiger partial charge in [0.1, 0.15) is 0 Å². The van der Waals surface area contributed by atoms with Crippen LogP contribution in [0, 0.1) is 6.92 Å². The average Bonchev–Trinajstić information content (AvgIpc) is 2.90. The minimum atomic E-state index is 0.509. The lowest BCUT2D eigenvalue weighted by molar-refractivity contribution is 0.592. The molecule has 2 nitrogen and oxygen atoms in total. The summed E-state index contributed by atoms with van der Waals surface area (Å²) in [7, 11) is 0. The maximum absolute atomic E-state index is 5.79. The molecule has 3 heteroatoms. The van der Waals surface area contributed by atoms with Gasteiger partial charge >= 0.3 is 0 Å². The van der Waals surface area contributed by atoms with Crippen molar-refractivity contribution in [3.8, 4) is 0 Å². The van der Waals surface area contributed by atoms with Gasteiger partial charge in [-0.3, -0.25) is 0 Å². The molecular formula is C11H18N2S. The summed E-state index contributed by atoms with van der Waals surface area (Å²) >= 11 is 1.87. The molecule has 1 unspecified atom stereocenters. The fourth-order valence-corrected chi connectivity index (χ4v) is 2.56. The minimum Gasteiger partial charge on any atom is -0.330 e. The maximum atomic E-state index is 5.79. The molecule has 1 aromatic rings. The molecule has 0 amide bonds. The van der Waals surface area contributed by atoms with Gasteiger partial charge in [-0.05, 0) is 31.9 Å². The van der Waals surface area contributed by atoms with Crippen molar-refractivity contribution in [2.75, 3.05) is 13.1 Å². The molecule has 3 N–H and O–H groups in total. The van der Waals surface area contributed by atoms with E-state index in [2.05, 4.69) is 24.4 Å². The third kappa shape index (κ3) is 2.56. The zero-order valence-corrected chi connectivity index (χ0v) is 9.44. The van der Waals surface area contributed by atoms with Crippen LogP contribution in [0.15, 0.2) is 12.1 Å². The molecule has 0 spiro atoms. The van der Waals surface area contributed by atoms with Crippen molar-refractivity contribution in [3.05, 3.63) is 21.9 Å². The second-order valence-corrected chi connectivity index (χ2v) is 5.38. The number of hydrogen-bond donors (Lipinski definition) is 2. The van der Waals surface area contributed by atoms with E-state index in [9.17, 15) is 0 Å². The van der Waals surface area contributed by atoms with E-state index >= 15 is 0 Å². The molecule has 0 aliphatic heterocycles. The first-order valence-electron chi connectivity index (χ1n) is 5.29. The van der Waals surface area contributed by atoms with Crippen molar-refractivity contribution >= 4 is 11.3 Å². The van der Waals surface area contributed by atoms with E-state index < -0.39 is 0 Å². The third-order valence-electron chi connectivity index (χ3n) is 2.68. The fraction of sp³-hybridized carbons (Fsp3) is 0.636. The lowest BCUT2D eigenvalue weighted by atomic mass is 10.1. The van der Waals surface area contributed by atoms with Gasteiger partial charge < -0.3 is 11.1 Å². The Balaban J connectivity index is 1.90.